The smallest absolute Gasteiger partial charge is 0.352 e. The summed E-state index contributed by atoms with van der Waals surface area (Å²) in [6.45, 7) is 5.66. The summed E-state index contributed by atoms with van der Waals surface area (Å²) < 4.78 is 1.58. The quantitative estimate of drug-likeness (QED) is 0.874. The number of benzene rings is 1. The van der Waals surface area contributed by atoms with Gasteiger partial charge in [-0.15, -0.1) is 0 Å². The van der Waals surface area contributed by atoms with Crippen LogP contribution in [0, 0.1) is 6.92 Å². The summed E-state index contributed by atoms with van der Waals surface area (Å²) in [4.78, 5) is 11.0. The Morgan fingerprint density at radius 3 is 2.41 bits per heavy atom. The second-order valence-electron chi connectivity index (χ2n) is 3.83. The molecule has 0 atom stereocenters. The molecule has 1 N–H and O–H groups in total. The van der Waals surface area contributed by atoms with Crippen LogP contribution >= 0.6 is 0 Å². The number of rotatable bonds is 3. The van der Waals surface area contributed by atoms with Crippen molar-refractivity contribution in [2.75, 3.05) is 0 Å². The Hall–Kier alpha value is -2.29. The van der Waals surface area contributed by atoms with Crippen LogP contribution in [-0.2, 0) is 0 Å². The Kier molecular flexibility index (Phi) is 2.83. The highest BCUT2D eigenvalue weighted by Crippen LogP contribution is 2.23. The number of aromatic nitrogens is 1. The van der Waals surface area contributed by atoms with Gasteiger partial charge in [-0.3, -0.25) is 0 Å². The third-order valence-corrected chi connectivity index (χ3v) is 2.67. The summed E-state index contributed by atoms with van der Waals surface area (Å²) in [5, 5.41) is 9.03. The van der Waals surface area contributed by atoms with Gasteiger partial charge in [0.15, 0.2) is 0 Å². The summed E-state index contributed by atoms with van der Waals surface area (Å²) in [5.74, 6) is -0.955. The average Bonchev–Trinajstić information content (AvgIpc) is 2.73. The molecule has 0 spiro atoms. The molecular formula is C14H13NO2. The predicted molar refractivity (Wildman–Crippen MR) is 68.0 cm³/mol. The first-order valence-corrected chi connectivity index (χ1v) is 5.27. The number of hydrogen-bond acceptors (Lipinski definition) is 1. The fraction of sp³-hybridized carbons (Fsp3) is 0.0714. The molecular weight excluding hydrogens is 214 g/mol. The van der Waals surface area contributed by atoms with Gasteiger partial charge in [-0.25, -0.2) is 4.79 Å². The number of carbonyl (C=O) groups is 1. The van der Waals surface area contributed by atoms with Crippen molar-refractivity contribution in [1.82, 2.24) is 4.57 Å². The van der Waals surface area contributed by atoms with E-state index in [0.29, 0.717) is 0 Å². The van der Waals surface area contributed by atoms with Crippen LogP contribution < -0.4 is 0 Å². The van der Waals surface area contributed by atoms with Crippen LogP contribution in [0.5, 0.6) is 0 Å². The fourth-order valence-electron chi connectivity index (χ4n) is 1.78. The molecule has 0 amide bonds. The predicted octanol–water partition coefficient (Wildman–Crippen LogP) is 3.26. The first kappa shape index (κ1) is 11.2. The zero-order chi connectivity index (χ0) is 12.4. The maximum Gasteiger partial charge on any atom is 0.352 e. The number of nitrogens with zero attached hydrogens (tertiary/aromatic N) is 1. The molecule has 1 heterocycles. The van der Waals surface area contributed by atoms with Crippen LogP contribution in [0.1, 0.15) is 16.1 Å². The van der Waals surface area contributed by atoms with Crippen molar-refractivity contribution in [3.8, 4) is 11.3 Å². The van der Waals surface area contributed by atoms with Crippen LogP contribution in [0.4, 0.5) is 0 Å². The van der Waals surface area contributed by atoms with Crippen molar-refractivity contribution in [2.45, 2.75) is 6.92 Å². The molecule has 0 aliphatic carbocycles. The van der Waals surface area contributed by atoms with Crippen LogP contribution in [0.3, 0.4) is 0 Å². The molecule has 0 fully saturated rings. The highest BCUT2D eigenvalue weighted by molar-refractivity contribution is 5.88. The lowest BCUT2D eigenvalue weighted by molar-refractivity contribution is 0.0689. The van der Waals surface area contributed by atoms with Gasteiger partial charge in [0.1, 0.15) is 5.69 Å². The van der Waals surface area contributed by atoms with Gasteiger partial charge in [0.05, 0.1) is 5.69 Å². The van der Waals surface area contributed by atoms with E-state index in [9.17, 15) is 4.79 Å². The molecule has 17 heavy (non-hydrogen) atoms. The van der Waals surface area contributed by atoms with Crippen molar-refractivity contribution < 1.29 is 9.90 Å². The molecule has 86 valence electrons. The molecule has 3 heteroatoms. The number of hydrogen-bond donors (Lipinski definition) is 1. The van der Waals surface area contributed by atoms with E-state index in [1.165, 1.54) is 11.8 Å². The van der Waals surface area contributed by atoms with Crippen LogP contribution in [0.2, 0.25) is 0 Å². The Balaban J connectivity index is 2.56. The van der Waals surface area contributed by atoms with Crippen LogP contribution in [0.25, 0.3) is 17.5 Å². The standard InChI is InChI=1S/C14H13NO2/c1-3-15-12(8-9-13(15)14(16)17)11-6-4-10(2)5-7-11/h3-9H,1H2,2H3,(H,16,17). The van der Waals surface area contributed by atoms with Gasteiger partial charge in [0.2, 0.25) is 0 Å². The second-order valence-corrected chi connectivity index (χ2v) is 3.83. The van der Waals surface area contributed by atoms with Gasteiger partial charge in [0.25, 0.3) is 0 Å². The largest absolute Gasteiger partial charge is 0.477 e. The SMILES string of the molecule is C=Cn1c(C(=O)O)ccc1-c1ccc(C)cc1. The van der Waals surface area contributed by atoms with Crippen LogP contribution in [0.15, 0.2) is 43.0 Å². The van der Waals surface area contributed by atoms with Gasteiger partial charge in [0, 0.05) is 6.20 Å². The Labute approximate surface area is 99.6 Å². The maximum atomic E-state index is 11.0. The normalized spacial score (nSPS) is 10.2. The highest BCUT2D eigenvalue weighted by Gasteiger charge is 2.12. The van der Waals surface area contributed by atoms with Gasteiger partial charge in [-0.1, -0.05) is 36.4 Å². The minimum Gasteiger partial charge on any atom is -0.477 e. The Morgan fingerprint density at radius 2 is 1.88 bits per heavy atom. The molecule has 0 radical (unpaired) electrons. The van der Waals surface area contributed by atoms with Crippen LogP contribution in [-0.4, -0.2) is 15.6 Å². The summed E-state index contributed by atoms with van der Waals surface area (Å²) in [6.07, 6.45) is 1.51. The molecule has 0 aliphatic rings. The van der Waals surface area contributed by atoms with E-state index in [0.717, 1.165) is 11.3 Å². The van der Waals surface area contributed by atoms with Crippen molar-refractivity contribution >= 4 is 12.2 Å². The van der Waals surface area contributed by atoms with Crippen molar-refractivity contribution in [3.05, 3.63) is 54.2 Å². The summed E-state index contributed by atoms with van der Waals surface area (Å²) in [7, 11) is 0. The monoisotopic (exact) mass is 227 g/mol. The van der Waals surface area contributed by atoms with Crippen molar-refractivity contribution in [3.63, 3.8) is 0 Å². The fourth-order valence-corrected chi connectivity index (χ4v) is 1.78. The Morgan fingerprint density at radius 1 is 1.24 bits per heavy atom. The van der Waals surface area contributed by atoms with E-state index in [1.807, 2.05) is 31.2 Å². The van der Waals surface area contributed by atoms with E-state index >= 15 is 0 Å². The van der Waals surface area contributed by atoms with Crippen molar-refractivity contribution in [1.29, 1.82) is 0 Å². The maximum absolute atomic E-state index is 11.0. The zero-order valence-corrected chi connectivity index (χ0v) is 9.55. The van der Waals surface area contributed by atoms with Gasteiger partial charge in [-0.05, 0) is 24.6 Å². The summed E-state index contributed by atoms with van der Waals surface area (Å²) in [6, 6.07) is 11.3. The average molecular weight is 227 g/mol. The number of carboxylic acids is 1. The van der Waals surface area contributed by atoms with E-state index in [2.05, 4.69) is 6.58 Å². The number of aryl methyl sites for hydroxylation is 1. The van der Waals surface area contributed by atoms with E-state index in [1.54, 1.807) is 16.7 Å². The van der Waals surface area contributed by atoms with Gasteiger partial charge >= 0.3 is 5.97 Å². The highest BCUT2D eigenvalue weighted by atomic mass is 16.4. The number of aromatic carboxylic acids is 1. The minimum atomic E-state index is -0.955. The molecule has 0 unspecified atom stereocenters. The molecule has 2 rings (SSSR count). The second kappa shape index (κ2) is 4.29. The molecule has 3 nitrogen and oxygen atoms in total. The first-order chi connectivity index (χ1) is 8.13. The van der Waals surface area contributed by atoms with Crippen molar-refractivity contribution in [2.24, 2.45) is 0 Å². The van der Waals surface area contributed by atoms with E-state index < -0.39 is 5.97 Å². The van der Waals surface area contributed by atoms with Gasteiger partial charge in [-0.2, -0.15) is 0 Å². The molecule has 1 aromatic heterocycles. The topological polar surface area (TPSA) is 42.2 Å². The van der Waals surface area contributed by atoms with E-state index in [-0.39, 0.29) is 5.69 Å². The zero-order valence-electron chi connectivity index (χ0n) is 9.55. The third-order valence-electron chi connectivity index (χ3n) is 2.67. The molecule has 0 aliphatic heterocycles. The lowest BCUT2D eigenvalue weighted by atomic mass is 10.1. The lowest BCUT2D eigenvalue weighted by Gasteiger charge is -2.06. The summed E-state index contributed by atoms with van der Waals surface area (Å²) in [5.41, 5.74) is 3.19. The minimum absolute atomic E-state index is 0.218. The lowest BCUT2D eigenvalue weighted by Crippen LogP contribution is -2.03. The third kappa shape index (κ3) is 1.99. The van der Waals surface area contributed by atoms with Gasteiger partial charge < -0.3 is 9.67 Å². The molecule has 0 bridgehead atoms. The number of carboxylic acid groups (broad SMARTS) is 1. The molecule has 2 aromatic rings. The first-order valence-electron chi connectivity index (χ1n) is 5.27. The molecule has 0 saturated carbocycles. The molecule has 1 aromatic carbocycles. The Bertz CT molecular complexity index is 564. The molecule has 0 saturated heterocycles. The van der Waals surface area contributed by atoms with E-state index in [4.69, 9.17) is 5.11 Å². The summed E-state index contributed by atoms with van der Waals surface area (Å²) >= 11 is 0.